The number of rotatable bonds is 4. The summed E-state index contributed by atoms with van der Waals surface area (Å²) in [5.41, 5.74) is 8.08. The van der Waals surface area contributed by atoms with E-state index in [0.717, 1.165) is 16.6 Å². The lowest BCUT2D eigenvalue weighted by Crippen LogP contribution is -2.40. The monoisotopic (exact) mass is 340 g/mol. The maximum Gasteiger partial charge on any atom is 0.106 e. The predicted molar refractivity (Wildman–Crippen MR) is 89.9 cm³/mol. The third-order valence-electron chi connectivity index (χ3n) is 3.78. The van der Waals surface area contributed by atoms with E-state index in [2.05, 4.69) is 33.8 Å². The van der Waals surface area contributed by atoms with Crippen LogP contribution in [0, 0.1) is 0 Å². The molecule has 0 saturated carbocycles. The first-order valence-electron chi connectivity index (χ1n) is 6.99. The number of nitrogens with zero attached hydrogens (tertiary/aromatic N) is 1. The molecule has 1 heterocycles. The molecule has 1 unspecified atom stereocenters. The second-order valence-electron chi connectivity index (χ2n) is 5.16. The van der Waals surface area contributed by atoms with Crippen molar-refractivity contribution in [2.45, 2.75) is 45.1 Å². The Hall–Kier alpha value is -0.610. The van der Waals surface area contributed by atoms with Gasteiger partial charge in [-0.3, -0.25) is 0 Å². The molecule has 2 rings (SSSR count). The van der Waals surface area contributed by atoms with E-state index < -0.39 is 0 Å². The van der Waals surface area contributed by atoms with Crippen molar-refractivity contribution in [1.29, 1.82) is 0 Å². The van der Waals surface area contributed by atoms with Crippen LogP contribution in [0.4, 0.5) is 5.69 Å². The smallest absolute Gasteiger partial charge is 0.106 e. The lowest BCUT2D eigenvalue weighted by atomic mass is 9.96. The van der Waals surface area contributed by atoms with Crippen molar-refractivity contribution in [1.82, 2.24) is 0 Å². The van der Waals surface area contributed by atoms with E-state index in [4.69, 9.17) is 18.0 Å². The van der Waals surface area contributed by atoms with Crippen molar-refractivity contribution in [3.8, 4) is 0 Å². The minimum Gasteiger partial charge on any atom is -0.389 e. The number of hydrogen-bond donors (Lipinski definition) is 1. The molecule has 2 N–H and O–H groups in total. The Bertz CT molecular complexity index is 459. The Labute approximate surface area is 129 Å². The fourth-order valence-electron chi connectivity index (χ4n) is 2.90. The average molecular weight is 341 g/mol. The molecule has 0 bridgehead atoms. The summed E-state index contributed by atoms with van der Waals surface area (Å²) in [4.78, 5) is 3.00. The Morgan fingerprint density at radius 2 is 2.26 bits per heavy atom. The second kappa shape index (κ2) is 6.71. The van der Waals surface area contributed by atoms with Crippen molar-refractivity contribution in [3.63, 3.8) is 0 Å². The summed E-state index contributed by atoms with van der Waals surface area (Å²) >= 11 is 8.76. The third kappa shape index (κ3) is 3.48. The highest BCUT2D eigenvalue weighted by atomic mass is 79.9. The van der Waals surface area contributed by atoms with Gasteiger partial charge in [0, 0.05) is 28.3 Å². The van der Waals surface area contributed by atoms with Crippen LogP contribution in [0.15, 0.2) is 22.7 Å². The fourth-order valence-corrected chi connectivity index (χ4v) is 3.42. The average Bonchev–Trinajstić information content (AvgIpc) is 2.39. The van der Waals surface area contributed by atoms with Crippen LogP contribution in [0.25, 0.3) is 0 Å². The van der Waals surface area contributed by atoms with Gasteiger partial charge in [0.2, 0.25) is 0 Å². The Morgan fingerprint density at radius 3 is 2.95 bits per heavy atom. The van der Waals surface area contributed by atoms with Crippen molar-refractivity contribution >= 4 is 38.8 Å². The first-order valence-corrected chi connectivity index (χ1v) is 8.19. The molecule has 1 saturated heterocycles. The van der Waals surface area contributed by atoms with Gasteiger partial charge in [0.05, 0.1) is 0 Å². The van der Waals surface area contributed by atoms with Crippen molar-refractivity contribution < 1.29 is 0 Å². The van der Waals surface area contributed by atoms with E-state index in [1.54, 1.807) is 0 Å². The molecule has 4 heteroatoms. The number of halogens is 1. The normalized spacial score (nSPS) is 19.5. The third-order valence-corrected chi connectivity index (χ3v) is 4.50. The highest BCUT2D eigenvalue weighted by Gasteiger charge is 2.24. The molecule has 19 heavy (non-hydrogen) atoms. The number of nitrogens with two attached hydrogens (primary N) is 1. The van der Waals surface area contributed by atoms with Crippen LogP contribution in [0.5, 0.6) is 0 Å². The van der Waals surface area contributed by atoms with E-state index in [1.165, 1.54) is 37.8 Å². The zero-order chi connectivity index (χ0) is 13.8. The number of piperidine rings is 1. The zero-order valence-electron chi connectivity index (χ0n) is 11.4. The second-order valence-corrected chi connectivity index (χ2v) is 6.51. The van der Waals surface area contributed by atoms with Gasteiger partial charge in [0.15, 0.2) is 0 Å². The molecule has 0 aromatic heterocycles. The Balaban J connectivity index is 2.37. The van der Waals surface area contributed by atoms with Crippen LogP contribution >= 0.6 is 28.1 Å². The van der Waals surface area contributed by atoms with Gasteiger partial charge in [-0.15, -0.1) is 0 Å². The molecule has 2 nitrogen and oxygen atoms in total. The first-order chi connectivity index (χ1) is 9.13. The van der Waals surface area contributed by atoms with Gasteiger partial charge in [-0.2, -0.15) is 0 Å². The van der Waals surface area contributed by atoms with Crippen molar-refractivity contribution in [3.05, 3.63) is 28.2 Å². The SMILES string of the molecule is CCCC1CCCCN1c1cc(Br)ccc1C(N)=S. The van der Waals surface area contributed by atoms with Gasteiger partial charge < -0.3 is 10.6 Å². The molecule has 0 spiro atoms. The summed E-state index contributed by atoms with van der Waals surface area (Å²) in [7, 11) is 0. The summed E-state index contributed by atoms with van der Waals surface area (Å²) in [6, 6.07) is 6.82. The van der Waals surface area contributed by atoms with Gasteiger partial charge in [0.1, 0.15) is 4.99 Å². The lowest BCUT2D eigenvalue weighted by Gasteiger charge is -2.38. The largest absolute Gasteiger partial charge is 0.389 e. The minimum atomic E-state index is 0.489. The predicted octanol–water partition coefficient (Wildman–Crippen LogP) is 4.24. The van der Waals surface area contributed by atoms with Crippen LogP contribution in [0.2, 0.25) is 0 Å². The lowest BCUT2D eigenvalue weighted by molar-refractivity contribution is 0.434. The number of hydrogen-bond acceptors (Lipinski definition) is 2. The molecule has 0 aliphatic carbocycles. The van der Waals surface area contributed by atoms with Crippen LogP contribution in [-0.4, -0.2) is 17.6 Å². The molecule has 1 atom stereocenters. The van der Waals surface area contributed by atoms with Gasteiger partial charge >= 0.3 is 0 Å². The standard InChI is InChI=1S/C15H21BrN2S/c1-2-5-12-6-3-4-9-18(12)14-10-11(16)7-8-13(14)15(17)19/h7-8,10,12H,2-6,9H2,1H3,(H2,17,19). The van der Waals surface area contributed by atoms with Crippen molar-refractivity contribution in [2.24, 2.45) is 5.73 Å². The van der Waals surface area contributed by atoms with E-state index in [0.29, 0.717) is 11.0 Å². The topological polar surface area (TPSA) is 29.3 Å². The first kappa shape index (κ1) is 14.8. The van der Waals surface area contributed by atoms with E-state index in [9.17, 15) is 0 Å². The van der Waals surface area contributed by atoms with Gasteiger partial charge in [-0.05, 0) is 43.9 Å². The van der Waals surface area contributed by atoms with Crippen LogP contribution < -0.4 is 10.6 Å². The molecule has 104 valence electrons. The summed E-state index contributed by atoms with van der Waals surface area (Å²) in [6.45, 7) is 3.36. The molecule has 1 aliphatic rings. The molecule has 1 fully saturated rings. The van der Waals surface area contributed by atoms with Crippen LogP contribution in [0.3, 0.4) is 0 Å². The maximum atomic E-state index is 5.88. The summed E-state index contributed by atoms with van der Waals surface area (Å²) in [5.74, 6) is 0. The van der Waals surface area contributed by atoms with E-state index >= 15 is 0 Å². The summed E-state index contributed by atoms with van der Waals surface area (Å²) in [6.07, 6.45) is 6.32. The number of benzene rings is 1. The fraction of sp³-hybridized carbons (Fsp3) is 0.533. The molecule has 1 aromatic carbocycles. The molecule has 1 aliphatic heterocycles. The van der Waals surface area contributed by atoms with Gasteiger partial charge in [-0.25, -0.2) is 0 Å². The zero-order valence-corrected chi connectivity index (χ0v) is 13.8. The van der Waals surface area contributed by atoms with E-state index in [1.807, 2.05) is 12.1 Å². The minimum absolute atomic E-state index is 0.489. The number of thiocarbonyl (C=S) groups is 1. The highest BCUT2D eigenvalue weighted by Crippen LogP contribution is 2.32. The number of anilines is 1. The Kier molecular flexibility index (Phi) is 5.22. The molecular weight excluding hydrogens is 320 g/mol. The molecule has 1 aromatic rings. The summed E-state index contributed by atoms with van der Waals surface area (Å²) < 4.78 is 1.09. The van der Waals surface area contributed by atoms with Gasteiger partial charge in [0.25, 0.3) is 0 Å². The summed E-state index contributed by atoms with van der Waals surface area (Å²) in [5, 5.41) is 0. The highest BCUT2D eigenvalue weighted by molar-refractivity contribution is 9.10. The molecule has 0 amide bonds. The van der Waals surface area contributed by atoms with Gasteiger partial charge in [-0.1, -0.05) is 41.5 Å². The maximum absolute atomic E-state index is 5.88. The molecular formula is C15H21BrN2S. The van der Waals surface area contributed by atoms with E-state index in [-0.39, 0.29) is 0 Å². The molecule has 0 radical (unpaired) electrons. The van der Waals surface area contributed by atoms with Crippen LogP contribution in [0.1, 0.15) is 44.6 Å². The van der Waals surface area contributed by atoms with Crippen molar-refractivity contribution in [2.75, 3.05) is 11.4 Å². The quantitative estimate of drug-likeness (QED) is 0.831. The Morgan fingerprint density at radius 1 is 1.47 bits per heavy atom. The van der Waals surface area contributed by atoms with Crippen LogP contribution in [-0.2, 0) is 0 Å².